The van der Waals surface area contributed by atoms with Gasteiger partial charge in [0.15, 0.2) is 11.5 Å². The van der Waals surface area contributed by atoms with Crippen molar-refractivity contribution in [3.63, 3.8) is 0 Å². The molecule has 8 nitrogen and oxygen atoms in total. The van der Waals surface area contributed by atoms with Gasteiger partial charge in [-0.15, -0.1) is 0 Å². The number of fused-ring (bicyclic) bond motifs is 5. The van der Waals surface area contributed by atoms with Crippen LogP contribution in [0.3, 0.4) is 0 Å². The van der Waals surface area contributed by atoms with Crippen LogP contribution in [-0.4, -0.2) is 30.8 Å². The van der Waals surface area contributed by atoms with E-state index in [2.05, 4.69) is 0 Å². The van der Waals surface area contributed by atoms with Crippen molar-refractivity contribution >= 4 is 28.7 Å². The van der Waals surface area contributed by atoms with Crippen LogP contribution in [0.25, 0.3) is 0 Å². The van der Waals surface area contributed by atoms with E-state index < -0.39 is 4.92 Å². The second-order valence-corrected chi connectivity index (χ2v) is 7.51. The molecule has 0 saturated heterocycles. The van der Waals surface area contributed by atoms with Crippen LogP contribution in [0, 0.1) is 10.1 Å². The third-order valence-electron chi connectivity index (χ3n) is 5.88. The summed E-state index contributed by atoms with van der Waals surface area (Å²) in [5, 5.41) is 11.1. The number of ether oxygens (including phenoxy) is 2. The number of rotatable bonds is 4. The van der Waals surface area contributed by atoms with E-state index in [1.165, 1.54) is 26.4 Å². The van der Waals surface area contributed by atoms with Crippen LogP contribution in [0.5, 0.6) is 11.5 Å². The van der Waals surface area contributed by atoms with Gasteiger partial charge in [0.1, 0.15) is 0 Å². The Morgan fingerprint density at radius 2 is 1.78 bits per heavy atom. The highest BCUT2D eigenvalue weighted by Gasteiger charge is 2.43. The van der Waals surface area contributed by atoms with Gasteiger partial charge in [-0.2, -0.15) is 0 Å². The van der Waals surface area contributed by atoms with Crippen molar-refractivity contribution in [3.05, 3.63) is 87.5 Å². The smallest absolute Gasteiger partial charge is 0.269 e. The standard InChI is InChI=1S/C24H19N3O5/c1-31-21-12-11-16-20-13-18(14-7-9-15(10-8-14)27(29)30)25-17-5-3-4-6-19(17)26(20)24(28)22(16)23(21)32-2/h3-12,20H,13H2,1-2H3/t20-/m0/s1. The summed E-state index contributed by atoms with van der Waals surface area (Å²) >= 11 is 0. The number of aliphatic imine (C=N–C) groups is 1. The number of methoxy groups -OCH3 is 2. The van der Waals surface area contributed by atoms with Gasteiger partial charge in [0.05, 0.1) is 47.8 Å². The van der Waals surface area contributed by atoms with Gasteiger partial charge < -0.3 is 9.47 Å². The SMILES string of the molecule is COc1ccc2c(c1OC)C(=O)N1c3ccccc3N=C(c3ccc([N+](=O)[O-])cc3)C[C@@H]21. The molecule has 160 valence electrons. The molecule has 1 amide bonds. The first kappa shape index (κ1) is 19.7. The Morgan fingerprint density at radius 1 is 1.03 bits per heavy atom. The average molecular weight is 429 g/mol. The van der Waals surface area contributed by atoms with Gasteiger partial charge in [-0.1, -0.05) is 18.2 Å². The highest BCUT2D eigenvalue weighted by Crippen LogP contribution is 2.50. The third-order valence-corrected chi connectivity index (χ3v) is 5.88. The predicted molar refractivity (Wildman–Crippen MR) is 119 cm³/mol. The highest BCUT2D eigenvalue weighted by molar-refractivity contribution is 6.17. The second-order valence-electron chi connectivity index (χ2n) is 7.51. The van der Waals surface area contributed by atoms with Gasteiger partial charge in [0, 0.05) is 18.6 Å². The van der Waals surface area contributed by atoms with Crippen LogP contribution in [0.4, 0.5) is 17.1 Å². The van der Waals surface area contributed by atoms with Crippen molar-refractivity contribution in [2.45, 2.75) is 12.5 Å². The Bertz CT molecular complexity index is 1280. The minimum atomic E-state index is -0.429. The Morgan fingerprint density at radius 3 is 2.47 bits per heavy atom. The van der Waals surface area contributed by atoms with E-state index in [4.69, 9.17) is 14.5 Å². The second kappa shape index (κ2) is 7.49. The lowest BCUT2D eigenvalue weighted by Crippen LogP contribution is -2.28. The largest absolute Gasteiger partial charge is 0.493 e. The molecule has 0 radical (unpaired) electrons. The van der Waals surface area contributed by atoms with Crippen LogP contribution >= 0.6 is 0 Å². The number of anilines is 1. The third kappa shape index (κ3) is 2.91. The van der Waals surface area contributed by atoms with E-state index in [-0.39, 0.29) is 17.6 Å². The van der Waals surface area contributed by atoms with Crippen molar-refractivity contribution in [2.24, 2.45) is 4.99 Å². The zero-order chi connectivity index (χ0) is 22.4. The average Bonchev–Trinajstić information content (AvgIpc) is 2.98. The summed E-state index contributed by atoms with van der Waals surface area (Å²) in [6, 6.07) is 17.2. The molecule has 8 heteroatoms. The summed E-state index contributed by atoms with van der Waals surface area (Å²) in [6.07, 6.45) is 0.445. The molecular weight excluding hydrogens is 410 g/mol. The fraction of sp³-hybridized carbons (Fsp3) is 0.167. The molecule has 0 N–H and O–H groups in total. The molecule has 3 aromatic rings. The van der Waals surface area contributed by atoms with Crippen LogP contribution in [0.2, 0.25) is 0 Å². The summed E-state index contributed by atoms with van der Waals surface area (Å²) in [5.41, 5.74) is 4.22. The van der Waals surface area contributed by atoms with Crippen LogP contribution in [0.1, 0.15) is 33.9 Å². The summed E-state index contributed by atoms with van der Waals surface area (Å²) in [4.78, 5) is 30.8. The highest BCUT2D eigenvalue weighted by atomic mass is 16.6. The number of amides is 1. The summed E-state index contributed by atoms with van der Waals surface area (Å²) < 4.78 is 11.0. The molecular formula is C24H19N3O5. The molecule has 5 rings (SSSR count). The zero-order valence-corrected chi connectivity index (χ0v) is 17.4. The Kier molecular flexibility index (Phi) is 4.62. The predicted octanol–water partition coefficient (Wildman–Crippen LogP) is 4.84. The maximum atomic E-state index is 13.6. The van der Waals surface area contributed by atoms with Crippen molar-refractivity contribution in [1.29, 1.82) is 0 Å². The maximum absolute atomic E-state index is 13.6. The first-order chi connectivity index (χ1) is 15.5. The number of hydrogen-bond acceptors (Lipinski definition) is 6. The molecule has 2 aliphatic heterocycles. The molecule has 1 atom stereocenters. The first-order valence-corrected chi connectivity index (χ1v) is 10.0. The number of nitro benzene ring substituents is 1. The molecule has 0 spiro atoms. The fourth-order valence-electron chi connectivity index (χ4n) is 4.41. The lowest BCUT2D eigenvalue weighted by atomic mass is 9.96. The van der Waals surface area contributed by atoms with Crippen LogP contribution < -0.4 is 14.4 Å². The van der Waals surface area contributed by atoms with E-state index in [9.17, 15) is 14.9 Å². The quantitative estimate of drug-likeness (QED) is 0.437. The van der Waals surface area contributed by atoms with Gasteiger partial charge in [-0.05, 0) is 41.5 Å². The van der Waals surface area contributed by atoms with E-state index in [1.807, 2.05) is 30.3 Å². The summed E-state index contributed by atoms with van der Waals surface area (Å²) in [7, 11) is 3.06. The Labute approximate surface area is 183 Å². The van der Waals surface area contributed by atoms with Gasteiger partial charge >= 0.3 is 0 Å². The minimum Gasteiger partial charge on any atom is -0.493 e. The first-order valence-electron chi connectivity index (χ1n) is 10.0. The molecule has 2 aliphatic rings. The lowest BCUT2D eigenvalue weighted by Gasteiger charge is -2.24. The monoisotopic (exact) mass is 429 g/mol. The normalized spacial score (nSPS) is 16.4. The molecule has 0 saturated carbocycles. The van der Waals surface area contributed by atoms with Gasteiger partial charge in [0.2, 0.25) is 0 Å². The number of hydrogen-bond donors (Lipinski definition) is 0. The van der Waals surface area contributed by atoms with E-state index in [0.29, 0.717) is 34.9 Å². The maximum Gasteiger partial charge on any atom is 0.269 e. The fourth-order valence-corrected chi connectivity index (χ4v) is 4.41. The molecule has 0 aromatic heterocycles. The van der Waals surface area contributed by atoms with E-state index in [0.717, 1.165) is 16.8 Å². The van der Waals surface area contributed by atoms with Crippen molar-refractivity contribution < 1.29 is 19.2 Å². The van der Waals surface area contributed by atoms with E-state index in [1.54, 1.807) is 23.1 Å². The van der Waals surface area contributed by atoms with Crippen molar-refractivity contribution in [2.75, 3.05) is 19.1 Å². The lowest BCUT2D eigenvalue weighted by molar-refractivity contribution is -0.384. The van der Waals surface area contributed by atoms with Crippen molar-refractivity contribution in [3.8, 4) is 11.5 Å². The molecule has 0 fully saturated rings. The number of para-hydroxylation sites is 2. The zero-order valence-electron chi connectivity index (χ0n) is 17.4. The van der Waals surface area contributed by atoms with Crippen molar-refractivity contribution in [1.82, 2.24) is 0 Å². The molecule has 32 heavy (non-hydrogen) atoms. The Balaban J connectivity index is 1.68. The molecule has 0 aliphatic carbocycles. The number of benzene rings is 3. The minimum absolute atomic E-state index is 0.0169. The van der Waals surface area contributed by atoms with Gasteiger partial charge in [-0.3, -0.25) is 24.8 Å². The summed E-state index contributed by atoms with van der Waals surface area (Å²) in [6.45, 7) is 0. The Hall–Kier alpha value is -4.20. The molecule has 2 heterocycles. The summed E-state index contributed by atoms with van der Waals surface area (Å²) in [5.74, 6) is 0.734. The van der Waals surface area contributed by atoms with Gasteiger partial charge in [0.25, 0.3) is 11.6 Å². The number of carbonyl (C=O) groups excluding carboxylic acids is 1. The number of nitrogens with zero attached hydrogens (tertiary/aromatic N) is 3. The molecule has 3 aromatic carbocycles. The van der Waals surface area contributed by atoms with Gasteiger partial charge in [-0.25, -0.2) is 0 Å². The topological polar surface area (TPSA) is 94.3 Å². The number of carbonyl (C=O) groups is 1. The van der Waals surface area contributed by atoms with E-state index >= 15 is 0 Å². The molecule has 0 bridgehead atoms. The number of non-ortho nitro benzene ring substituents is 1. The van der Waals surface area contributed by atoms with Crippen LogP contribution in [0.15, 0.2) is 65.7 Å². The van der Waals surface area contributed by atoms with Crippen LogP contribution in [-0.2, 0) is 0 Å². The number of nitro groups is 1. The molecule has 0 unspecified atom stereocenters.